The molecule has 9 nitrogen and oxygen atoms in total. The van der Waals surface area contributed by atoms with Crippen molar-refractivity contribution in [3.63, 3.8) is 0 Å². The summed E-state index contributed by atoms with van der Waals surface area (Å²) in [4.78, 5) is 37.7. The first-order chi connectivity index (χ1) is 48.6. The highest BCUT2D eigenvalue weighted by Gasteiger charge is 2.22. The Kier molecular flexibility index (Phi) is 77.3. The zero-order valence-corrected chi connectivity index (χ0v) is 66.1. The largest absolute Gasteiger partial charge is 0.545 e. The van der Waals surface area contributed by atoms with Gasteiger partial charge in [-0.05, 0) is 89.9 Å². The van der Waals surface area contributed by atoms with Crippen molar-refractivity contribution in [2.45, 2.75) is 424 Å². The second-order valence-electron chi connectivity index (χ2n) is 30.1. The van der Waals surface area contributed by atoms with Crippen LogP contribution in [0.5, 0.6) is 0 Å². The highest BCUT2D eigenvalue weighted by Crippen LogP contribution is 2.20. The van der Waals surface area contributed by atoms with Crippen LogP contribution < -0.4 is 5.11 Å². The normalized spacial score (nSPS) is 13.0. The maximum atomic E-state index is 13.0. The quantitative estimate of drug-likeness (QED) is 0.0195. The average Bonchev–Trinajstić information content (AvgIpc) is 1.14. The molecule has 0 radical (unpaired) electrons. The molecule has 0 saturated carbocycles. The van der Waals surface area contributed by atoms with Crippen molar-refractivity contribution in [1.82, 2.24) is 0 Å². The van der Waals surface area contributed by atoms with Crippen LogP contribution in [0.15, 0.2) is 85.1 Å². The van der Waals surface area contributed by atoms with E-state index in [2.05, 4.69) is 98.9 Å². The van der Waals surface area contributed by atoms with Gasteiger partial charge in [-0.2, -0.15) is 0 Å². The maximum Gasteiger partial charge on any atom is 0.306 e. The molecular weight excluding hydrogens is 1220 g/mol. The van der Waals surface area contributed by atoms with Gasteiger partial charge in [0.2, 0.25) is 0 Å². The second-order valence-corrected chi connectivity index (χ2v) is 30.1. The number of nitrogens with zero attached hydrogens (tertiary/aromatic N) is 1. The Morgan fingerprint density at radius 3 is 0.869 bits per heavy atom. The van der Waals surface area contributed by atoms with Crippen LogP contribution in [0.25, 0.3) is 0 Å². The van der Waals surface area contributed by atoms with Crippen molar-refractivity contribution < 1.29 is 42.9 Å². The molecule has 0 fully saturated rings. The molecule has 0 rings (SSSR count). The summed E-state index contributed by atoms with van der Waals surface area (Å²) < 4.78 is 22.9. The molecule has 0 amide bonds. The van der Waals surface area contributed by atoms with Crippen LogP contribution in [-0.4, -0.2) is 82.3 Å². The number of hydrogen-bond donors (Lipinski definition) is 0. The number of aliphatic carboxylic acids is 1. The summed E-state index contributed by atoms with van der Waals surface area (Å²) in [7, 11) is 5.95. The van der Waals surface area contributed by atoms with Crippen LogP contribution in [0.3, 0.4) is 0 Å². The first-order valence-electron chi connectivity index (χ1n) is 42.7. The molecule has 0 spiro atoms. The summed E-state index contributed by atoms with van der Waals surface area (Å²) >= 11 is 0. The Morgan fingerprint density at radius 2 is 0.576 bits per heavy atom. The third-order valence-corrected chi connectivity index (χ3v) is 19.1. The molecule has 0 bridgehead atoms. The third kappa shape index (κ3) is 81.6. The SMILES string of the molecule is CC/C=C\C/C=C\C/C=C\C/C=C\C/C=C\C/C=C\CCCCCCCCCCCCCCCCCCCCCCC(=O)OC(COC(=O)CCCCCCCCCCCCCCCCCCCCCCCCC/C=C\CCCCCCCCCC)COC(OCC[N+](C)(C)C)C(=O)[O-]. The molecule has 0 saturated heterocycles. The average molecular weight is 1390 g/mol. The molecule has 9 heteroatoms. The zero-order chi connectivity index (χ0) is 71.8. The van der Waals surface area contributed by atoms with Gasteiger partial charge in [0.05, 0.1) is 40.3 Å². The minimum atomic E-state index is -1.62. The van der Waals surface area contributed by atoms with Crippen molar-refractivity contribution in [2.75, 3.05) is 47.5 Å². The Labute approximate surface area is 614 Å². The number of carbonyl (C=O) groups is 3. The summed E-state index contributed by atoms with van der Waals surface area (Å²) in [6, 6.07) is 0. The lowest BCUT2D eigenvalue weighted by Gasteiger charge is -2.26. The summed E-state index contributed by atoms with van der Waals surface area (Å²) in [6.45, 7) is 4.70. The molecule has 0 aliphatic heterocycles. The summed E-state index contributed by atoms with van der Waals surface area (Å²) in [5, 5.41) is 11.9. The van der Waals surface area contributed by atoms with Gasteiger partial charge in [-0.15, -0.1) is 0 Å². The van der Waals surface area contributed by atoms with E-state index in [1.807, 2.05) is 21.1 Å². The van der Waals surface area contributed by atoms with E-state index in [9.17, 15) is 19.5 Å². The Balaban J connectivity index is 3.95. The van der Waals surface area contributed by atoms with E-state index in [1.165, 1.54) is 308 Å². The van der Waals surface area contributed by atoms with Gasteiger partial charge in [0.25, 0.3) is 0 Å². The lowest BCUT2D eigenvalue weighted by atomic mass is 10.0. The highest BCUT2D eigenvalue weighted by atomic mass is 16.7. The van der Waals surface area contributed by atoms with Gasteiger partial charge in [-0.3, -0.25) is 9.59 Å². The van der Waals surface area contributed by atoms with E-state index >= 15 is 0 Å². The van der Waals surface area contributed by atoms with Crippen molar-refractivity contribution in [1.29, 1.82) is 0 Å². The molecule has 0 N–H and O–H groups in total. The fourth-order valence-electron chi connectivity index (χ4n) is 12.7. The van der Waals surface area contributed by atoms with Gasteiger partial charge in [0.15, 0.2) is 12.4 Å². The van der Waals surface area contributed by atoms with E-state index < -0.39 is 24.3 Å². The standard InChI is InChI=1S/C90H163NO8/c1-6-8-10-12-14-16-18-20-22-24-26-28-30-32-34-36-38-40-42-43-44-45-47-49-51-53-55-57-59-61-63-65-67-69-71-73-75-77-79-81-88(93)99-86(85-98-90(89(94)95)96-83-82-91(3,4)5)84-97-87(92)80-78-76-74-72-70-68-66-64-62-60-58-56-54-52-50-48-46-41-39-37-35-33-31-29-27-25-23-21-19-17-15-13-11-9-7-2/h8,10,14,16,20,22,25-28,32,34,38,40,86,90H,6-7,9,11-13,15,17-19,21,23-24,29-31,33,35-37,39,41-85H2,1-5H3/b10-8-,16-14-,22-20-,27-25-,28-26-,34-32-,40-38-. The number of hydrogen-bond acceptors (Lipinski definition) is 8. The number of ether oxygens (including phenoxy) is 4. The third-order valence-electron chi connectivity index (χ3n) is 19.1. The maximum absolute atomic E-state index is 13.0. The monoisotopic (exact) mass is 1390 g/mol. The van der Waals surface area contributed by atoms with Crippen molar-refractivity contribution in [3.8, 4) is 0 Å². The minimum absolute atomic E-state index is 0.149. The molecule has 0 aliphatic rings. The Hall–Kier alpha value is -3.53. The van der Waals surface area contributed by atoms with Crippen molar-refractivity contribution in [2.24, 2.45) is 0 Å². The molecule has 0 heterocycles. The lowest BCUT2D eigenvalue weighted by molar-refractivity contribution is -0.870. The first-order valence-corrected chi connectivity index (χ1v) is 42.7. The fourth-order valence-corrected chi connectivity index (χ4v) is 12.7. The van der Waals surface area contributed by atoms with E-state index in [4.69, 9.17) is 18.9 Å². The number of unbranched alkanes of at least 4 members (excludes halogenated alkanes) is 51. The number of carboxylic acid groups (broad SMARTS) is 1. The van der Waals surface area contributed by atoms with Gasteiger partial charge >= 0.3 is 11.9 Å². The molecule has 0 aromatic rings. The molecule has 576 valence electrons. The minimum Gasteiger partial charge on any atom is -0.545 e. The number of carboxylic acids is 1. The molecule has 0 aromatic carbocycles. The van der Waals surface area contributed by atoms with Gasteiger partial charge in [-0.25, -0.2) is 0 Å². The predicted molar refractivity (Wildman–Crippen MR) is 426 cm³/mol. The van der Waals surface area contributed by atoms with Gasteiger partial charge in [-0.1, -0.05) is 394 Å². The smallest absolute Gasteiger partial charge is 0.306 e. The Morgan fingerprint density at radius 1 is 0.313 bits per heavy atom. The number of quaternary nitrogens is 1. The summed E-state index contributed by atoms with van der Waals surface area (Å²) in [5.41, 5.74) is 0. The van der Waals surface area contributed by atoms with Crippen molar-refractivity contribution in [3.05, 3.63) is 85.1 Å². The molecular formula is C90H163NO8. The molecule has 99 heavy (non-hydrogen) atoms. The molecule has 0 aromatic heterocycles. The summed E-state index contributed by atoms with van der Waals surface area (Å²) in [6.07, 6.45) is 107. The van der Waals surface area contributed by atoms with Crippen LogP contribution in [0.2, 0.25) is 0 Å². The number of rotatable bonds is 80. The fraction of sp³-hybridized carbons (Fsp3) is 0.811. The highest BCUT2D eigenvalue weighted by molar-refractivity contribution is 5.70. The second kappa shape index (κ2) is 80.2. The number of esters is 2. The first kappa shape index (κ1) is 95.5. The topological polar surface area (TPSA) is 111 Å². The van der Waals surface area contributed by atoms with Crippen LogP contribution in [0.1, 0.15) is 412 Å². The lowest BCUT2D eigenvalue weighted by Crippen LogP contribution is -2.44. The number of likely N-dealkylation sites (N-methyl/N-ethyl adjacent to an activating group) is 1. The van der Waals surface area contributed by atoms with E-state index in [-0.39, 0.29) is 32.2 Å². The Bertz CT molecular complexity index is 1910. The van der Waals surface area contributed by atoms with Crippen LogP contribution in [0.4, 0.5) is 0 Å². The number of allylic oxidation sites excluding steroid dienone is 14. The van der Waals surface area contributed by atoms with Crippen LogP contribution in [0, 0.1) is 0 Å². The van der Waals surface area contributed by atoms with Crippen molar-refractivity contribution >= 4 is 17.9 Å². The van der Waals surface area contributed by atoms with Gasteiger partial charge < -0.3 is 33.3 Å². The van der Waals surface area contributed by atoms with E-state index in [1.54, 1.807) is 0 Å². The van der Waals surface area contributed by atoms with Crippen LogP contribution in [-0.2, 0) is 33.3 Å². The number of carbonyl (C=O) groups excluding carboxylic acids is 3. The van der Waals surface area contributed by atoms with Gasteiger partial charge in [0.1, 0.15) is 13.2 Å². The van der Waals surface area contributed by atoms with E-state index in [0.717, 1.165) is 70.6 Å². The molecule has 0 aliphatic carbocycles. The zero-order valence-electron chi connectivity index (χ0n) is 66.1. The van der Waals surface area contributed by atoms with Crippen LogP contribution >= 0.6 is 0 Å². The van der Waals surface area contributed by atoms with Gasteiger partial charge in [0, 0.05) is 12.8 Å². The van der Waals surface area contributed by atoms with E-state index in [0.29, 0.717) is 23.9 Å². The predicted octanol–water partition coefficient (Wildman–Crippen LogP) is 26.4. The molecule has 2 unspecified atom stereocenters. The summed E-state index contributed by atoms with van der Waals surface area (Å²) in [5.74, 6) is -2.25. The molecule has 2 atom stereocenters.